The molecule has 2 saturated heterocycles. The van der Waals surface area contributed by atoms with Gasteiger partial charge in [0.2, 0.25) is 0 Å². The van der Waals surface area contributed by atoms with E-state index in [2.05, 4.69) is 19.8 Å². The summed E-state index contributed by atoms with van der Waals surface area (Å²) in [6.45, 7) is 6.09. The highest BCUT2D eigenvalue weighted by Gasteiger charge is 2.24. The average Bonchev–Trinajstić information content (AvgIpc) is 2.93. The zero-order valence-corrected chi connectivity index (χ0v) is 20.0. The molecule has 2 aromatic heterocycles. The molecule has 0 spiro atoms. The molecule has 9 nitrogen and oxygen atoms in total. The van der Waals surface area contributed by atoms with Crippen LogP contribution < -0.4 is 10.5 Å². The topological polar surface area (TPSA) is 94.7 Å². The summed E-state index contributed by atoms with van der Waals surface area (Å²) in [7, 11) is 0. The molecule has 6 rings (SSSR count). The monoisotopic (exact) mass is 484 g/mol. The number of hydrogen-bond donors (Lipinski definition) is 1. The number of morpholine rings is 1. The van der Waals surface area contributed by atoms with E-state index in [-0.39, 0.29) is 11.5 Å². The van der Waals surface area contributed by atoms with Gasteiger partial charge in [-0.3, -0.25) is 14.5 Å². The molecule has 4 aromatic rings. The van der Waals surface area contributed by atoms with Crippen LogP contribution in [0.5, 0.6) is 0 Å². The van der Waals surface area contributed by atoms with Gasteiger partial charge in [0, 0.05) is 44.7 Å². The van der Waals surface area contributed by atoms with Crippen molar-refractivity contribution in [1.29, 1.82) is 0 Å². The molecule has 4 heterocycles. The fourth-order valence-electron chi connectivity index (χ4n) is 4.99. The number of rotatable bonds is 4. The van der Waals surface area contributed by atoms with Crippen molar-refractivity contribution in [3.05, 3.63) is 76.3 Å². The second-order valence-electron chi connectivity index (χ2n) is 9.24. The lowest BCUT2D eigenvalue weighted by Crippen LogP contribution is -2.46. The number of para-hydroxylation sites is 2. The minimum absolute atomic E-state index is 0.0307. The molecule has 0 unspecified atom stereocenters. The number of pyridine rings is 1. The van der Waals surface area contributed by atoms with Gasteiger partial charge in [-0.25, -0.2) is 9.97 Å². The van der Waals surface area contributed by atoms with Gasteiger partial charge in [0.1, 0.15) is 11.6 Å². The largest absolute Gasteiger partial charge is 0.378 e. The van der Waals surface area contributed by atoms with Crippen molar-refractivity contribution in [2.45, 2.75) is 6.54 Å². The molecule has 9 heteroatoms. The van der Waals surface area contributed by atoms with Crippen LogP contribution >= 0.6 is 0 Å². The third kappa shape index (κ3) is 4.43. The zero-order valence-electron chi connectivity index (χ0n) is 20.0. The van der Waals surface area contributed by atoms with Gasteiger partial charge in [-0.2, -0.15) is 0 Å². The lowest BCUT2D eigenvalue weighted by Gasteiger charge is -2.35. The van der Waals surface area contributed by atoms with Crippen molar-refractivity contribution in [2.24, 2.45) is 0 Å². The first-order chi connectivity index (χ1) is 17.7. The summed E-state index contributed by atoms with van der Waals surface area (Å²) in [6, 6.07) is 17.2. The van der Waals surface area contributed by atoms with E-state index in [0.29, 0.717) is 55.1 Å². The van der Waals surface area contributed by atoms with Gasteiger partial charge in [-0.1, -0.05) is 30.3 Å². The summed E-state index contributed by atoms with van der Waals surface area (Å²) in [4.78, 5) is 44.7. The Morgan fingerprint density at radius 1 is 0.861 bits per heavy atom. The lowest BCUT2D eigenvalue weighted by atomic mass is 10.1. The first-order valence-electron chi connectivity index (χ1n) is 12.4. The molecule has 0 radical (unpaired) electrons. The van der Waals surface area contributed by atoms with E-state index in [1.54, 1.807) is 6.07 Å². The van der Waals surface area contributed by atoms with Gasteiger partial charge in [-0.05, 0) is 24.3 Å². The Morgan fingerprint density at radius 2 is 1.53 bits per heavy atom. The Labute approximate surface area is 208 Å². The maximum Gasteiger partial charge on any atom is 0.258 e. The predicted molar refractivity (Wildman–Crippen MR) is 138 cm³/mol. The molecule has 36 heavy (non-hydrogen) atoms. The van der Waals surface area contributed by atoms with Crippen LogP contribution in [0, 0.1) is 0 Å². The van der Waals surface area contributed by atoms with Crippen LogP contribution in [-0.2, 0) is 11.3 Å². The molecule has 2 aliphatic heterocycles. The Morgan fingerprint density at radius 3 is 2.28 bits per heavy atom. The number of benzene rings is 2. The van der Waals surface area contributed by atoms with Crippen molar-refractivity contribution in [3.63, 3.8) is 0 Å². The molecule has 0 atom stereocenters. The van der Waals surface area contributed by atoms with Gasteiger partial charge in [0.05, 0.1) is 41.7 Å². The van der Waals surface area contributed by atoms with Gasteiger partial charge >= 0.3 is 0 Å². The van der Waals surface area contributed by atoms with Gasteiger partial charge in [0.15, 0.2) is 0 Å². The van der Waals surface area contributed by atoms with Gasteiger partial charge < -0.3 is 19.5 Å². The first-order valence-corrected chi connectivity index (χ1v) is 12.4. The van der Waals surface area contributed by atoms with Crippen LogP contribution in [0.25, 0.3) is 21.8 Å². The molecule has 184 valence electrons. The maximum atomic E-state index is 13.4. The number of nitrogens with one attached hydrogen (secondary N) is 1. The number of nitrogens with zero attached hydrogens (tertiary/aromatic N) is 5. The summed E-state index contributed by atoms with van der Waals surface area (Å²) < 4.78 is 5.43. The van der Waals surface area contributed by atoms with Crippen LogP contribution in [0.1, 0.15) is 16.2 Å². The van der Waals surface area contributed by atoms with Crippen LogP contribution in [0.2, 0.25) is 0 Å². The average molecular weight is 485 g/mol. The molecule has 1 N–H and O–H groups in total. The van der Waals surface area contributed by atoms with Crippen molar-refractivity contribution in [1.82, 2.24) is 24.8 Å². The SMILES string of the molecule is O=C(c1cc(N2CCN(Cc3nc4ccccc4c(=O)[nH]3)CC2)nc2ccccc12)N1CCOCC1. The van der Waals surface area contributed by atoms with E-state index in [0.717, 1.165) is 42.9 Å². The number of carbonyl (C=O) groups excluding carboxylic acids is 1. The highest BCUT2D eigenvalue weighted by molar-refractivity contribution is 6.07. The fourth-order valence-corrected chi connectivity index (χ4v) is 4.99. The van der Waals surface area contributed by atoms with E-state index >= 15 is 0 Å². The van der Waals surface area contributed by atoms with Crippen molar-refractivity contribution >= 4 is 33.5 Å². The number of H-pyrrole nitrogens is 1. The van der Waals surface area contributed by atoms with Crippen molar-refractivity contribution in [3.8, 4) is 0 Å². The predicted octanol–water partition coefficient (Wildman–Crippen LogP) is 2.27. The molecular formula is C27H28N6O3. The molecule has 0 aliphatic carbocycles. The maximum absolute atomic E-state index is 13.4. The number of anilines is 1. The van der Waals surface area contributed by atoms with Gasteiger partial charge in [-0.15, -0.1) is 0 Å². The van der Waals surface area contributed by atoms with Crippen molar-refractivity contribution < 1.29 is 9.53 Å². The van der Waals surface area contributed by atoms with Crippen LogP contribution in [0.15, 0.2) is 59.4 Å². The highest BCUT2D eigenvalue weighted by atomic mass is 16.5. The van der Waals surface area contributed by atoms with E-state index in [1.165, 1.54) is 0 Å². The molecule has 0 saturated carbocycles. The third-order valence-electron chi connectivity index (χ3n) is 6.96. The summed E-state index contributed by atoms with van der Waals surface area (Å²) in [6.07, 6.45) is 0. The number of fused-ring (bicyclic) bond motifs is 2. The Balaban J connectivity index is 1.20. The van der Waals surface area contributed by atoms with Crippen LogP contribution in [0.4, 0.5) is 5.82 Å². The number of amides is 1. The number of hydrogen-bond acceptors (Lipinski definition) is 7. The number of piperazine rings is 1. The van der Waals surface area contributed by atoms with Crippen molar-refractivity contribution in [2.75, 3.05) is 57.4 Å². The van der Waals surface area contributed by atoms with Crippen LogP contribution in [0.3, 0.4) is 0 Å². The normalized spacial score (nSPS) is 17.1. The number of aromatic nitrogens is 3. The Bertz CT molecular complexity index is 1470. The first kappa shape index (κ1) is 22.6. The smallest absolute Gasteiger partial charge is 0.258 e. The number of ether oxygens (including phenoxy) is 1. The molecule has 0 bridgehead atoms. The zero-order chi connectivity index (χ0) is 24.5. The van der Waals surface area contributed by atoms with E-state index in [9.17, 15) is 9.59 Å². The Hall–Kier alpha value is -3.82. The minimum Gasteiger partial charge on any atom is -0.378 e. The molecule has 1 amide bonds. The summed E-state index contributed by atoms with van der Waals surface area (Å²) >= 11 is 0. The minimum atomic E-state index is -0.105. The summed E-state index contributed by atoms with van der Waals surface area (Å²) in [5.41, 5.74) is 2.13. The molecule has 2 fully saturated rings. The summed E-state index contributed by atoms with van der Waals surface area (Å²) in [5, 5.41) is 1.48. The number of aromatic amines is 1. The number of carbonyl (C=O) groups is 1. The quantitative estimate of drug-likeness (QED) is 0.475. The van der Waals surface area contributed by atoms with E-state index in [1.807, 2.05) is 53.4 Å². The summed E-state index contributed by atoms with van der Waals surface area (Å²) in [5.74, 6) is 1.53. The van der Waals surface area contributed by atoms with E-state index in [4.69, 9.17) is 9.72 Å². The second-order valence-corrected chi connectivity index (χ2v) is 9.24. The fraction of sp³-hybridized carbons (Fsp3) is 0.333. The van der Waals surface area contributed by atoms with E-state index < -0.39 is 0 Å². The standard InChI is InChI=1S/C27H28N6O3/c34-26-20-6-2-4-8-23(20)28-24(30-26)18-31-9-11-32(12-10-31)25-17-21(19-5-1-3-7-22(19)29-25)27(35)33-13-15-36-16-14-33/h1-8,17H,9-16,18H2,(H,28,30,34). The third-order valence-corrected chi connectivity index (χ3v) is 6.96. The Kier molecular flexibility index (Phi) is 6.08. The molecule has 2 aliphatic rings. The lowest BCUT2D eigenvalue weighted by molar-refractivity contribution is 0.0304. The molecule has 2 aromatic carbocycles. The van der Waals surface area contributed by atoms with Crippen LogP contribution in [-0.4, -0.2) is 83.1 Å². The van der Waals surface area contributed by atoms with Gasteiger partial charge in [0.25, 0.3) is 11.5 Å². The molecular weight excluding hydrogens is 456 g/mol. The highest BCUT2D eigenvalue weighted by Crippen LogP contribution is 2.25. The second kappa shape index (κ2) is 9.67.